The monoisotopic (exact) mass is 252 g/mol. The second-order valence-electron chi connectivity index (χ2n) is 5.60. The van der Waals surface area contributed by atoms with Crippen LogP contribution in [-0.4, -0.2) is 47.8 Å². The number of hydrogen-bond acceptors (Lipinski definition) is 2. The second-order valence-corrected chi connectivity index (χ2v) is 5.60. The van der Waals surface area contributed by atoms with E-state index in [0.29, 0.717) is 38.0 Å². The molecule has 0 aromatic carbocycles. The smallest absolute Gasteiger partial charge is 0.222 e. The third-order valence-corrected chi connectivity index (χ3v) is 4.27. The molecule has 1 aliphatic carbocycles. The second kappa shape index (κ2) is 6.21. The molecular formula is C14H24N2O2. The van der Waals surface area contributed by atoms with Crippen LogP contribution < -0.4 is 0 Å². The fourth-order valence-electron chi connectivity index (χ4n) is 3.04. The van der Waals surface area contributed by atoms with Crippen LogP contribution in [0, 0.1) is 5.92 Å². The third kappa shape index (κ3) is 3.47. The standard InChI is InChI=1S/C14H24N2O2/c1-12(17)15-7-9-16(10-8-15)14(18)11-13-5-3-2-4-6-13/h13H,2-11H2,1H3. The fraction of sp³-hybridized carbons (Fsp3) is 0.857. The predicted molar refractivity (Wildman–Crippen MR) is 70.0 cm³/mol. The van der Waals surface area contributed by atoms with E-state index in [2.05, 4.69) is 0 Å². The maximum absolute atomic E-state index is 12.2. The molecule has 1 saturated carbocycles. The summed E-state index contributed by atoms with van der Waals surface area (Å²) in [6.07, 6.45) is 7.08. The Balaban J connectivity index is 1.75. The summed E-state index contributed by atoms with van der Waals surface area (Å²) < 4.78 is 0. The lowest BCUT2D eigenvalue weighted by Gasteiger charge is -2.35. The van der Waals surface area contributed by atoms with E-state index in [1.54, 1.807) is 6.92 Å². The summed E-state index contributed by atoms with van der Waals surface area (Å²) in [4.78, 5) is 27.1. The number of hydrogen-bond donors (Lipinski definition) is 0. The Morgan fingerprint density at radius 1 is 0.944 bits per heavy atom. The van der Waals surface area contributed by atoms with Gasteiger partial charge in [-0.3, -0.25) is 9.59 Å². The summed E-state index contributed by atoms with van der Waals surface area (Å²) in [6.45, 7) is 4.42. The Hall–Kier alpha value is -1.06. The van der Waals surface area contributed by atoms with Crippen molar-refractivity contribution in [3.05, 3.63) is 0 Å². The molecule has 4 heteroatoms. The summed E-state index contributed by atoms with van der Waals surface area (Å²) >= 11 is 0. The molecule has 0 atom stereocenters. The minimum absolute atomic E-state index is 0.120. The zero-order valence-corrected chi connectivity index (χ0v) is 11.4. The van der Waals surface area contributed by atoms with Gasteiger partial charge in [0, 0.05) is 39.5 Å². The lowest BCUT2D eigenvalue weighted by atomic mass is 9.86. The van der Waals surface area contributed by atoms with Gasteiger partial charge >= 0.3 is 0 Å². The van der Waals surface area contributed by atoms with Crippen molar-refractivity contribution in [3.8, 4) is 0 Å². The zero-order chi connectivity index (χ0) is 13.0. The van der Waals surface area contributed by atoms with Crippen LogP contribution >= 0.6 is 0 Å². The zero-order valence-electron chi connectivity index (χ0n) is 11.4. The van der Waals surface area contributed by atoms with Crippen LogP contribution in [0.2, 0.25) is 0 Å². The van der Waals surface area contributed by atoms with Crippen molar-refractivity contribution < 1.29 is 9.59 Å². The summed E-state index contributed by atoms with van der Waals surface area (Å²) in [7, 11) is 0. The van der Waals surface area contributed by atoms with Crippen LogP contribution in [0.3, 0.4) is 0 Å². The highest BCUT2D eigenvalue weighted by Gasteiger charge is 2.25. The average Bonchev–Trinajstić information content (AvgIpc) is 2.40. The predicted octanol–water partition coefficient (Wildman–Crippen LogP) is 1.65. The van der Waals surface area contributed by atoms with Gasteiger partial charge in [-0.15, -0.1) is 0 Å². The van der Waals surface area contributed by atoms with Crippen molar-refractivity contribution in [3.63, 3.8) is 0 Å². The van der Waals surface area contributed by atoms with E-state index in [4.69, 9.17) is 0 Å². The van der Waals surface area contributed by atoms with Gasteiger partial charge in [0.2, 0.25) is 11.8 Å². The minimum atomic E-state index is 0.120. The topological polar surface area (TPSA) is 40.6 Å². The van der Waals surface area contributed by atoms with E-state index in [0.717, 1.165) is 6.42 Å². The lowest BCUT2D eigenvalue weighted by Crippen LogP contribution is -2.50. The van der Waals surface area contributed by atoms with Gasteiger partial charge in [0.25, 0.3) is 0 Å². The van der Waals surface area contributed by atoms with Gasteiger partial charge in [0.1, 0.15) is 0 Å². The van der Waals surface area contributed by atoms with Gasteiger partial charge in [-0.05, 0) is 18.8 Å². The first kappa shape index (κ1) is 13.4. The SMILES string of the molecule is CC(=O)N1CCN(C(=O)CC2CCCCC2)CC1. The van der Waals surface area contributed by atoms with E-state index in [-0.39, 0.29) is 5.91 Å². The molecule has 2 aliphatic rings. The Labute approximate surface area is 109 Å². The first-order valence-corrected chi connectivity index (χ1v) is 7.20. The maximum atomic E-state index is 12.2. The molecule has 0 spiro atoms. The molecule has 2 rings (SSSR count). The normalized spacial score (nSPS) is 22.1. The minimum Gasteiger partial charge on any atom is -0.339 e. The molecule has 0 radical (unpaired) electrons. The highest BCUT2D eigenvalue weighted by atomic mass is 16.2. The average molecular weight is 252 g/mol. The van der Waals surface area contributed by atoms with Gasteiger partial charge < -0.3 is 9.80 Å². The molecule has 0 N–H and O–H groups in total. The van der Waals surface area contributed by atoms with E-state index in [1.807, 2.05) is 9.80 Å². The van der Waals surface area contributed by atoms with Crippen LogP contribution in [0.5, 0.6) is 0 Å². The van der Waals surface area contributed by atoms with Crippen LogP contribution in [0.1, 0.15) is 45.4 Å². The summed E-state index contributed by atoms with van der Waals surface area (Å²) in [5, 5.41) is 0. The molecular weight excluding hydrogens is 228 g/mol. The van der Waals surface area contributed by atoms with E-state index < -0.39 is 0 Å². The van der Waals surface area contributed by atoms with Gasteiger partial charge in [-0.2, -0.15) is 0 Å². The summed E-state index contributed by atoms with van der Waals surface area (Å²) in [5.74, 6) is 1.02. The molecule has 1 saturated heterocycles. The Kier molecular flexibility index (Phi) is 4.61. The Bertz CT molecular complexity index is 303. The van der Waals surface area contributed by atoms with Gasteiger partial charge in [0.15, 0.2) is 0 Å². The molecule has 102 valence electrons. The van der Waals surface area contributed by atoms with Gasteiger partial charge in [0.05, 0.1) is 0 Å². The first-order chi connectivity index (χ1) is 8.66. The molecule has 1 heterocycles. The molecule has 18 heavy (non-hydrogen) atoms. The van der Waals surface area contributed by atoms with Crippen molar-refractivity contribution in [1.29, 1.82) is 0 Å². The molecule has 0 unspecified atom stereocenters. The largest absolute Gasteiger partial charge is 0.339 e. The molecule has 2 amide bonds. The number of amides is 2. The van der Waals surface area contributed by atoms with E-state index in [9.17, 15) is 9.59 Å². The molecule has 4 nitrogen and oxygen atoms in total. The van der Waals surface area contributed by atoms with Crippen LogP contribution in [0.15, 0.2) is 0 Å². The highest BCUT2D eigenvalue weighted by molar-refractivity contribution is 5.77. The summed E-state index contributed by atoms with van der Waals surface area (Å²) in [6, 6.07) is 0. The van der Waals surface area contributed by atoms with Gasteiger partial charge in [-0.1, -0.05) is 19.3 Å². The third-order valence-electron chi connectivity index (χ3n) is 4.27. The van der Waals surface area contributed by atoms with E-state index >= 15 is 0 Å². The molecule has 2 fully saturated rings. The van der Waals surface area contributed by atoms with Crippen molar-refractivity contribution >= 4 is 11.8 Å². The lowest BCUT2D eigenvalue weighted by molar-refractivity contribution is -0.139. The Morgan fingerprint density at radius 3 is 2.06 bits per heavy atom. The van der Waals surface area contributed by atoms with Crippen LogP contribution in [-0.2, 0) is 9.59 Å². The number of rotatable bonds is 2. The fourth-order valence-corrected chi connectivity index (χ4v) is 3.04. The van der Waals surface area contributed by atoms with E-state index in [1.165, 1.54) is 32.1 Å². The number of carbonyl (C=O) groups is 2. The van der Waals surface area contributed by atoms with Gasteiger partial charge in [-0.25, -0.2) is 0 Å². The number of piperazine rings is 1. The van der Waals surface area contributed by atoms with Crippen LogP contribution in [0.4, 0.5) is 0 Å². The molecule has 0 bridgehead atoms. The molecule has 1 aliphatic heterocycles. The van der Waals surface area contributed by atoms with Crippen molar-refractivity contribution in [2.45, 2.75) is 45.4 Å². The van der Waals surface area contributed by atoms with Crippen molar-refractivity contribution in [2.75, 3.05) is 26.2 Å². The molecule has 0 aromatic heterocycles. The Morgan fingerprint density at radius 2 is 1.50 bits per heavy atom. The van der Waals surface area contributed by atoms with Crippen molar-refractivity contribution in [2.24, 2.45) is 5.92 Å². The number of carbonyl (C=O) groups excluding carboxylic acids is 2. The number of nitrogens with zero attached hydrogens (tertiary/aromatic N) is 2. The molecule has 0 aromatic rings. The van der Waals surface area contributed by atoms with Crippen LogP contribution in [0.25, 0.3) is 0 Å². The van der Waals surface area contributed by atoms with Crippen molar-refractivity contribution in [1.82, 2.24) is 9.80 Å². The highest BCUT2D eigenvalue weighted by Crippen LogP contribution is 2.26. The summed E-state index contributed by atoms with van der Waals surface area (Å²) in [5.41, 5.74) is 0. The first-order valence-electron chi connectivity index (χ1n) is 7.20. The quantitative estimate of drug-likeness (QED) is 0.749. The maximum Gasteiger partial charge on any atom is 0.222 e.